The van der Waals surface area contributed by atoms with Gasteiger partial charge in [0, 0.05) is 18.2 Å². The van der Waals surface area contributed by atoms with Gasteiger partial charge >= 0.3 is 0 Å². The minimum atomic E-state index is -0.499. The molecule has 0 aliphatic carbocycles. The molecule has 0 radical (unpaired) electrons. The first-order valence-corrected chi connectivity index (χ1v) is 9.68. The van der Waals surface area contributed by atoms with Gasteiger partial charge in [0.1, 0.15) is 5.69 Å². The number of benzene rings is 2. The number of anilines is 1. The van der Waals surface area contributed by atoms with Gasteiger partial charge in [-0.05, 0) is 25.0 Å². The fourth-order valence-electron chi connectivity index (χ4n) is 2.77. The Hall–Kier alpha value is -3.13. The van der Waals surface area contributed by atoms with Crippen molar-refractivity contribution in [1.29, 1.82) is 0 Å². The molecule has 0 bridgehead atoms. The zero-order valence-electron chi connectivity index (χ0n) is 15.6. The fourth-order valence-corrected chi connectivity index (χ4v) is 3.51. The SMILES string of the molecule is Cc1cccc([N+](=O)[O-])c1NC(=O)CSc1nc(Cc2ccccc2)c(C)[nH]1. The van der Waals surface area contributed by atoms with Crippen molar-refractivity contribution in [3.8, 4) is 0 Å². The van der Waals surface area contributed by atoms with Crippen molar-refractivity contribution in [3.63, 3.8) is 0 Å². The smallest absolute Gasteiger partial charge is 0.293 e. The molecule has 3 aromatic rings. The summed E-state index contributed by atoms with van der Waals surface area (Å²) < 4.78 is 0. The molecule has 0 spiro atoms. The summed E-state index contributed by atoms with van der Waals surface area (Å²) in [6, 6.07) is 14.7. The number of H-pyrrole nitrogens is 1. The van der Waals surface area contributed by atoms with E-state index in [9.17, 15) is 14.9 Å². The van der Waals surface area contributed by atoms with Crippen LogP contribution in [0.4, 0.5) is 11.4 Å². The normalized spacial score (nSPS) is 10.6. The van der Waals surface area contributed by atoms with E-state index in [1.54, 1.807) is 19.1 Å². The van der Waals surface area contributed by atoms with Gasteiger partial charge in [0.15, 0.2) is 5.16 Å². The van der Waals surface area contributed by atoms with Crippen LogP contribution in [-0.2, 0) is 11.2 Å². The highest BCUT2D eigenvalue weighted by molar-refractivity contribution is 7.99. The lowest BCUT2D eigenvalue weighted by molar-refractivity contribution is -0.384. The van der Waals surface area contributed by atoms with E-state index in [1.165, 1.54) is 23.4 Å². The van der Waals surface area contributed by atoms with Gasteiger partial charge in [-0.3, -0.25) is 14.9 Å². The van der Waals surface area contributed by atoms with Crippen LogP contribution in [0, 0.1) is 24.0 Å². The molecule has 0 fully saturated rings. The second-order valence-electron chi connectivity index (χ2n) is 6.34. The fraction of sp³-hybridized carbons (Fsp3) is 0.200. The zero-order chi connectivity index (χ0) is 20.1. The van der Waals surface area contributed by atoms with E-state index < -0.39 is 4.92 Å². The molecule has 0 unspecified atom stereocenters. The van der Waals surface area contributed by atoms with E-state index in [2.05, 4.69) is 15.3 Å². The van der Waals surface area contributed by atoms with Crippen LogP contribution in [0.3, 0.4) is 0 Å². The van der Waals surface area contributed by atoms with Crippen molar-refractivity contribution < 1.29 is 9.72 Å². The lowest BCUT2D eigenvalue weighted by Gasteiger charge is -2.08. The lowest BCUT2D eigenvalue weighted by Crippen LogP contribution is -2.16. The van der Waals surface area contributed by atoms with Gasteiger partial charge in [0.25, 0.3) is 5.69 Å². The maximum absolute atomic E-state index is 12.3. The third-order valence-electron chi connectivity index (χ3n) is 4.23. The van der Waals surface area contributed by atoms with E-state index in [-0.39, 0.29) is 23.0 Å². The van der Waals surface area contributed by atoms with Gasteiger partial charge < -0.3 is 10.3 Å². The molecule has 0 saturated carbocycles. The predicted octanol–water partition coefficient (Wildman–Crippen LogP) is 4.26. The summed E-state index contributed by atoms with van der Waals surface area (Å²) in [7, 11) is 0. The highest BCUT2D eigenvalue weighted by atomic mass is 32.2. The number of nitro benzene ring substituents is 1. The van der Waals surface area contributed by atoms with Gasteiger partial charge in [-0.2, -0.15) is 0 Å². The van der Waals surface area contributed by atoms with Gasteiger partial charge in [0.2, 0.25) is 5.91 Å². The third-order valence-corrected chi connectivity index (χ3v) is 5.10. The number of amides is 1. The number of hydrogen-bond donors (Lipinski definition) is 2. The first-order valence-electron chi connectivity index (χ1n) is 8.70. The minimum absolute atomic E-state index is 0.100. The third kappa shape index (κ3) is 4.77. The van der Waals surface area contributed by atoms with Crippen LogP contribution in [0.2, 0.25) is 0 Å². The van der Waals surface area contributed by atoms with Crippen molar-refractivity contribution in [3.05, 3.63) is 81.2 Å². The number of aryl methyl sites for hydroxylation is 2. The van der Waals surface area contributed by atoms with E-state index in [1.807, 2.05) is 37.3 Å². The molecule has 2 N–H and O–H groups in total. The van der Waals surface area contributed by atoms with Crippen LogP contribution in [0.1, 0.15) is 22.5 Å². The summed E-state index contributed by atoms with van der Waals surface area (Å²) in [4.78, 5) is 30.7. The number of carbonyl (C=O) groups excluding carboxylic acids is 1. The first-order chi connectivity index (χ1) is 13.4. The molecule has 0 aliphatic heterocycles. The first kappa shape index (κ1) is 19.6. The number of nitrogens with one attached hydrogen (secondary N) is 2. The van der Waals surface area contributed by atoms with Crippen LogP contribution in [0.15, 0.2) is 53.7 Å². The Morgan fingerprint density at radius 1 is 1.18 bits per heavy atom. The van der Waals surface area contributed by atoms with Crippen molar-refractivity contribution in [2.24, 2.45) is 0 Å². The highest BCUT2D eigenvalue weighted by Gasteiger charge is 2.18. The van der Waals surface area contributed by atoms with E-state index >= 15 is 0 Å². The molecule has 1 amide bonds. The summed E-state index contributed by atoms with van der Waals surface area (Å²) in [5.74, 6) is -0.218. The Kier molecular flexibility index (Phi) is 6.10. The molecular formula is C20H20N4O3S. The average Bonchev–Trinajstić information content (AvgIpc) is 3.02. The zero-order valence-corrected chi connectivity index (χ0v) is 16.4. The summed E-state index contributed by atoms with van der Waals surface area (Å²) in [5.41, 5.74) is 3.82. The lowest BCUT2D eigenvalue weighted by atomic mass is 10.1. The largest absolute Gasteiger partial charge is 0.337 e. The number of hydrogen-bond acceptors (Lipinski definition) is 5. The standard InChI is InChI=1S/C20H20N4O3S/c1-13-7-6-10-17(24(26)27)19(13)23-18(25)12-28-20-21-14(2)16(22-20)11-15-8-4-3-5-9-15/h3-10H,11-12H2,1-2H3,(H,21,22)(H,23,25). The molecule has 0 aliphatic rings. The van der Waals surface area contributed by atoms with Crippen LogP contribution < -0.4 is 5.32 Å². The quantitative estimate of drug-likeness (QED) is 0.353. The molecule has 144 valence electrons. The maximum Gasteiger partial charge on any atom is 0.293 e. The van der Waals surface area contributed by atoms with E-state index in [4.69, 9.17) is 0 Å². The summed E-state index contributed by atoms with van der Waals surface area (Å²) >= 11 is 1.26. The molecule has 8 heteroatoms. The number of thioether (sulfide) groups is 1. The Morgan fingerprint density at radius 2 is 1.93 bits per heavy atom. The van der Waals surface area contributed by atoms with Gasteiger partial charge in [-0.25, -0.2) is 4.98 Å². The number of aromatic amines is 1. The second-order valence-corrected chi connectivity index (χ2v) is 7.30. The molecule has 0 atom stereocenters. The van der Waals surface area contributed by atoms with Crippen molar-refractivity contribution in [2.75, 3.05) is 11.1 Å². The summed E-state index contributed by atoms with van der Waals surface area (Å²) in [5, 5.41) is 14.5. The van der Waals surface area contributed by atoms with Crippen LogP contribution in [-0.4, -0.2) is 26.6 Å². The second kappa shape index (κ2) is 8.71. The number of nitrogens with zero attached hydrogens (tertiary/aromatic N) is 2. The van der Waals surface area contributed by atoms with E-state index in [0.717, 1.165) is 11.4 Å². The molecule has 7 nitrogen and oxygen atoms in total. The number of para-hydroxylation sites is 1. The highest BCUT2D eigenvalue weighted by Crippen LogP contribution is 2.28. The molecule has 28 heavy (non-hydrogen) atoms. The van der Waals surface area contributed by atoms with Gasteiger partial charge in [-0.1, -0.05) is 54.2 Å². The Morgan fingerprint density at radius 3 is 2.64 bits per heavy atom. The van der Waals surface area contributed by atoms with Gasteiger partial charge in [-0.15, -0.1) is 0 Å². The molecule has 1 heterocycles. The Bertz CT molecular complexity index is 1000. The number of carbonyl (C=O) groups is 1. The summed E-state index contributed by atoms with van der Waals surface area (Å²) in [6.07, 6.45) is 0.714. The van der Waals surface area contributed by atoms with E-state index in [0.29, 0.717) is 17.1 Å². The minimum Gasteiger partial charge on any atom is -0.337 e. The molecule has 1 aromatic heterocycles. The molecule has 0 saturated heterocycles. The molecular weight excluding hydrogens is 376 g/mol. The number of rotatable bonds is 7. The Balaban J connectivity index is 1.63. The number of nitro groups is 1. The summed E-state index contributed by atoms with van der Waals surface area (Å²) in [6.45, 7) is 3.67. The van der Waals surface area contributed by atoms with Crippen molar-refractivity contribution in [1.82, 2.24) is 9.97 Å². The predicted molar refractivity (Wildman–Crippen MR) is 110 cm³/mol. The molecule has 3 rings (SSSR count). The van der Waals surface area contributed by atoms with Crippen molar-refractivity contribution >= 4 is 29.0 Å². The Labute approximate surface area is 166 Å². The molecule has 2 aromatic carbocycles. The topological polar surface area (TPSA) is 101 Å². The number of aromatic nitrogens is 2. The average molecular weight is 396 g/mol. The monoisotopic (exact) mass is 396 g/mol. The maximum atomic E-state index is 12.3. The van der Waals surface area contributed by atoms with Crippen molar-refractivity contribution in [2.45, 2.75) is 25.4 Å². The van der Waals surface area contributed by atoms with Gasteiger partial charge in [0.05, 0.1) is 16.4 Å². The van der Waals surface area contributed by atoms with Crippen LogP contribution in [0.25, 0.3) is 0 Å². The van der Waals surface area contributed by atoms with Crippen LogP contribution >= 0.6 is 11.8 Å². The van der Waals surface area contributed by atoms with Crippen LogP contribution in [0.5, 0.6) is 0 Å². The number of imidazole rings is 1.